The number of aryl methyl sites for hydroxylation is 1. The van der Waals surface area contributed by atoms with Crippen molar-refractivity contribution >= 4 is 5.97 Å². The first-order valence-corrected chi connectivity index (χ1v) is 5.63. The SMILES string of the molecule is Cn1cc(CNC(C)(C)C(C)(C)C(=O)O)cn1. The van der Waals surface area contributed by atoms with E-state index in [-0.39, 0.29) is 0 Å². The predicted molar refractivity (Wildman–Crippen MR) is 65.5 cm³/mol. The Morgan fingerprint density at radius 3 is 2.47 bits per heavy atom. The molecule has 0 bridgehead atoms. The molecule has 17 heavy (non-hydrogen) atoms. The fourth-order valence-corrected chi connectivity index (χ4v) is 1.37. The van der Waals surface area contributed by atoms with Crippen LogP contribution in [-0.4, -0.2) is 26.4 Å². The number of aromatic nitrogens is 2. The first kappa shape index (κ1) is 13.7. The van der Waals surface area contributed by atoms with E-state index in [0.29, 0.717) is 6.54 Å². The van der Waals surface area contributed by atoms with Gasteiger partial charge in [-0.05, 0) is 27.7 Å². The van der Waals surface area contributed by atoms with Crippen molar-refractivity contribution in [1.29, 1.82) is 0 Å². The van der Waals surface area contributed by atoms with E-state index in [2.05, 4.69) is 10.4 Å². The Kier molecular flexibility index (Phi) is 3.62. The predicted octanol–water partition coefficient (Wildman–Crippen LogP) is 1.40. The molecule has 2 N–H and O–H groups in total. The van der Waals surface area contributed by atoms with Crippen molar-refractivity contribution < 1.29 is 9.90 Å². The second-order valence-corrected chi connectivity index (χ2v) is 5.43. The minimum atomic E-state index is -0.838. The van der Waals surface area contributed by atoms with Gasteiger partial charge in [0.25, 0.3) is 0 Å². The summed E-state index contributed by atoms with van der Waals surface area (Å²) in [5.41, 5.74) is -0.300. The summed E-state index contributed by atoms with van der Waals surface area (Å²) in [6.45, 7) is 7.86. The summed E-state index contributed by atoms with van der Waals surface area (Å²) in [5.74, 6) is -0.804. The first-order chi connectivity index (χ1) is 7.67. The molecule has 5 heteroatoms. The molecule has 0 saturated heterocycles. The second-order valence-electron chi connectivity index (χ2n) is 5.43. The van der Waals surface area contributed by atoms with Crippen LogP contribution in [0.2, 0.25) is 0 Å². The molecule has 0 amide bonds. The van der Waals surface area contributed by atoms with Gasteiger partial charge >= 0.3 is 5.97 Å². The van der Waals surface area contributed by atoms with Crippen molar-refractivity contribution in [3.8, 4) is 0 Å². The third kappa shape index (κ3) is 2.85. The summed E-state index contributed by atoms with van der Waals surface area (Å²) >= 11 is 0. The molecule has 1 rings (SSSR count). The number of nitrogens with one attached hydrogen (secondary N) is 1. The van der Waals surface area contributed by atoms with Crippen LogP contribution in [0.3, 0.4) is 0 Å². The van der Waals surface area contributed by atoms with Crippen molar-refractivity contribution in [3.05, 3.63) is 18.0 Å². The lowest BCUT2D eigenvalue weighted by Gasteiger charge is -2.39. The minimum Gasteiger partial charge on any atom is -0.481 e. The summed E-state index contributed by atoms with van der Waals surface area (Å²) in [5, 5.41) is 16.6. The standard InChI is InChI=1S/C12H21N3O2/c1-11(2,10(16)17)12(3,4)13-6-9-7-14-15(5)8-9/h7-8,13H,6H2,1-5H3,(H,16,17). The molecular weight excluding hydrogens is 218 g/mol. The van der Waals surface area contributed by atoms with E-state index in [1.54, 1.807) is 24.7 Å². The summed E-state index contributed by atoms with van der Waals surface area (Å²) in [7, 11) is 1.86. The van der Waals surface area contributed by atoms with Crippen molar-refractivity contribution in [2.75, 3.05) is 0 Å². The first-order valence-electron chi connectivity index (χ1n) is 5.63. The highest BCUT2D eigenvalue weighted by molar-refractivity contribution is 5.75. The number of hydrogen-bond donors (Lipinski definition) is 2. The Morgan fingerprint density at radius 2 is 2.06 bits per heavy atom. The Hall–Kier alpha value is -1.36. The number of carboxylic acids is 1. The van der Waals surface area contributed by atoms with Crippen molar-refractivity contribution in [3.63, 3.8) is 0 Å². The summed E-state index contributed by atoms with van der Waals surface area (Å²) in [6.07, 6.45) is 3.69. The van der Waals surface area contributed by atoms with E-state index in [9.17, 15) is 9.90 Å². The molecule has 5 nitrogen and oxygen atoms in total. The molecule has 0 spiro atoms. The van der Waals surface area contributed by atoms with E-state index in [1.807, 2.05) is 27.1 Å². The summed E-state index contributed by atoms with van der Waals surface area (Å²) in [4.78, 5) is 11.2. The van der Waals surface area contributed by atoms with Crippen LogP contribution in [0.15, 0.2) is 12.4 Å². The van der Waals surface area contributed by atoms with Crippen LogP contribution in [0.5, 0.6) is 0 Å². The number of aliphatic carboxylic acids is 1. The summed E-state index contributed by atoms with van der Waals surface area (Å²) < 4.78 is 1.73. The van der Waals surface area contributed by atoms with Gasteiger partial charge in [0.2, 0.25) is 0 Å². The van der Waals surface area contributed by atoms with Crippen LogP contribution in [0.1, 0.15) is 33.3 Å². The van der Waals surface area contributed by atoms with E-state index in [1.165, 1.54) is 0 Å². The van der Waals surface area contributed by atoms with Gasteiger partial charge in [-0.15, -0.1) is 0 Å². The molecule has 0 saturated carbocycles. The molecule has 0 radical (unpaired) electrons. The number of carbonyl (C=O) groups is 1. The van der Waals surface area contributed by atoms with Crippen LogP contribution in [0.25, 0.3) is 0 Å². The van der Waals surface area contributed by atoms with E-state index >= 15 is 0 Å². The number of nitrogens with zero attached hydrogens (tertiary/aromatic N) is 2. The molecular formula is C12H21N3O2. The molecule has 96 valence electrons. The van der Waals surface area contributed by atoms with E-state index < -0.39 is 16.9 Å². The summed E-state index contributed by atoms with van der Waals surface area (Å²) in [6, 6.07) is 0. The maximum absolute atomic E-state index is 11.2. The fraction of sp³-hybridized carbons (Fsp3) is 0.667. The van der Waals surface area contributed by atoms with Gasteiger partial charge < -0.3 is 10.4 Å². The Labute approximate surface area is 102 Å². The molecule has 0 unspecified atom stereocenters. The largest absolute Gasteiger partial charge is 0.481 e. The van der Waals surface area contributed by atoms with Gasteiger partial charge in [-0.25, -0.2) is 0 Å². The molecule has 1 aromatic rings. The lowest BCUT2D eigenvalue weighted by molar-refractivity contribution is -0.151. The van der Waals surface area contributed by atoms with Crippen LogP contribution >= 0.6 is 0 Å². The zero-order chi connectivity index (χ0) is 13.3. The molecule has 0 aromatic carbocycles. The molecule has 0 aliphatic carbocycles. The highest BCUT2D eigenvalue weighted by atomic mass is 16.4. The maximum Gasteiger partial charge on any atom is 0.310 e. The van der Waals surface area contributed by atoms with Gasteiger partial charge in [-0.3, -0.25) is 9.48 Å². The van der Waals surface area contributed by atoms with Crippen LogP contribution in [-0.2, 0) is 18.4 Å². The Balaban J connectivity index is 2.70. The fourth-order valence-electron chi connectivity index (χ4n) is 1.37. The zero-order valence-electron chi connectivity index (χ0n) is 11.1. The maximum atomic E-state index is 11.2. The third-order valence-electron chi connectivity index (χ3n) is 3.59. The molecule has 0 aliphatic heterocycles. The smallest absolute Gasteiger partial charge is 0.310 e. The van der Waals surface area contributed by atoms with Crippen LogP contribution in [0, 0.1) is 5.41 Å². The van der Waals surface area contributed by atoms with Crippen molar-refractivity contribution in [2.24, 2.45) is 12.5 Å². The van der Waals surface area contributed by atoms with Gasteiger partial charge in [0.15, 0.2) is 0 Å². The lowest BCUT2D eigenvalue weighted by Crippen LogP contribution is -2.54. The van der Waals surface area contributed by atoms with Crippen molar-refractivity contribution in [1.82, 2.24) is 15.1 Å². The number of carboxylic acid groups (broad SMARTS) is 1. The number of hydrogen-bond acceptors (Lipinski definition) is 3. The Bertz CT molecular complexity index is 408. The zero-order valence-corrected chi connectivity index (χ0v) is 11.1. The van der Waals surface area contributed by atoms with E-state index in [4.69, 9.17) is 0 Å². The second kappa shape index (κ2) is 4.49. The van der Waals surface area contributed by atoms with Crippen molar-refractivity contribution in [2.45, 2.75) is 39.8 Å². The average Bonchev–Trinajstić information content (AvgIpc) is 2.61. The van der Waals surface area contributed by atoms with Gasteiger partial charge in [0.1, 0.15) is 0 Å². The topological polar surface area (TPSA) is 67.2 Å². The molecule has 1 heterocycles. The molecule has 0 fully saturated rings. The van der Waals surface area contributed by atoms with Crippen LogP contribution < -0.4 is 5.32 Å². The highest BCUT2D eigenvalue weighted by Crippen LogP contribution is 2.30. The molecule has 1 aromatic heterocycles. The lowest BCUT2D eigenvalue weighted by atomic mass is 9.74. The van der Waals surface area contributed by atoms with Crippen LogP contribution in [0.4, 0.5) is 0 Å². The normalized spacial score (nSPS) is 12.8. The van der Waals surface area contributed by atoms with Gasteiger partial charge in [-0.2, -0.15) is 5.10 Å². The van der Waals surface area contributed by atoms with Gasteiger partial charge in [-0.1, -0.05) is 0 Å². The number of rotatable bonds is 5. The monoisotopic (exact) mass is 239 g/mol. The van der Waals surface area contributed by atoms with E-state index in [0.717, 1.165) is 5.56 Å². The van der Waals surface area contributed by atoms with Gasteiger partial charge in [0.05, 0.1) is 11.6 Å². The Morgan fingerprint density at radius 1 is 1.47 bits per heavy atom. The molecule has 0 atom stereocenters. The minimum absolute atomic E-state index is 0.505. The van der Waals surface area contributed by atoms with Gasteiger partial charge in [0, 0.05) is 30.9 Å². The quantitative estimate of drug-likeness (QED) is 0.815. The third-order valence-corrected chi connectivity index (χ3v) is 3.59. The average molecular weight is 239 g/mol. The molecule has 0 aliphatic rings. The highest BCUT2D eigenvalue weighted by Gasteiger charge is 2.42.